The number of urea groups is 1. The van der Waals surface area contributed by atoms with Crippen molar-refractivity contribution in [3.8, 4) is 0 Å². The predicted molar refractivity (Wildman–Crippen MR) is 128 cm³/mol. The molecule has 2 amide bonds. The number of carbonyl (C=O) groups excluding carboxylic acids is 1. The molecule has 0 radical (unpaired) electrons. The topological polar surface area (TPSA) is 108 Å². The van der Waals surface area contributed by atoms with Crippen LogP contribution in [-0.2, 0) is 16.4 Å². The van der Waals surface area contributed by atoms with Crippen molar-refractivity contribution in [3.05, 3.63) is 77.9 Å². The van der Waals surface area contributed by atoms with Gasteiger partial charge >= 0.3 is 6.03 Å². The van der Waals surface area contributed by atoms with Crippen LogP contribution in [0.2, 0.25) is 0 Å². The average Bonchev–Trinajstić information content (AvgIpc) is 3.37. The lowest BCUT2D eigenvalue weighted by atomic mass is 10.1. The van der Waals surface area contributed by atoms with E-state index in [4.69, 9.17) is 5.73 Å². The van der Waals surface area contributed by atoms with Crippen LogP contribution >= 0.6 is 0 Å². The highest BCUT2D eigenvalue weighted by Gasteiger charge is 2.39. The largest absolute Gasteiger partial charge is 0.369 e. The molecule has 5 rings (SSSR count). The molecule has 3 N–H and O–H groups in total. The Morgan fingerprint density at radius 1 is 1.21 bits per heavy atom. The Kier molecular flexibility index (Phi) is 5.36. The van der Waals surface area contributed by atoms with Crippen molar-refractivity contribution >= 4 is 27.7 Å². The molecule has 0 bridgehead atoms. The monoisotopic (exact) mass is 465 g/mol. The molecule has 2 aromatic carbocycles. The molecular weight excluding hydrogens is 438 g/mol. The number of anilines is 1. The smallest absolute Gasteiger partial charge is 0.322 e. The molecule has 1 fully saturated rings. The Labute approximate surface area is 193 Å². The first kappa shape index (κ1) is 21.5. The zero-order chi connectivity index (χ0) is 23.2. The maximum atomic E-state index is 13.6. The first-order valence-electron chi connectivity index (χ1n) is 11.1. The number of amides is 2. The van der Waals surface area contributed by atoms with Crippen LogP contribution in [0.3, 0.4) is 0 Å². The number of hydrogen-bond donors (Lipinski definition) is 2. The number of carbonyl (C=O) groups is 1. The third-order valence-corrected chi connectivity index (χ3v) is 8.44. The van der Waals surface area contributed by atoms with Gasteiger partial charge in [0.05, 0.1) is 12.6 Å². The van der Waals surface area contributed by atoms with E-state index in [1.165, 1.54) is 10.4 Å². The molecular formula is C24H27N5O3S. The van der Waals surface area contributed by atoms with Crippen LogP contribution < -0.4 is 16.0 Å². The summed E-state index contributed by atoms with van der Waals surface area (Å²) < 4.78 is 28.3. The highest BCUT2D eigenvalue weighted by atomic mass is 32.2. The van der Waals surface area contributed by atoms with E-state index < -0.39 is 15.3 Å². The van der Waals surface area contributed by atoms with Crippen molar-refractivity contribution in [2.75, 3.05) is 18.0 Å². The molecule has 2 atom stereocenters. The summed E-state index contributed by atoms with van der Waals surface area (Å²) in [5, 5.41) is 2.04. The number of rotatable bonds is 6. The normalized spacial score (nSPS) is 20.8. The number of nitrogens with zero attached hydrogens (tertiary/aromatic N) is 3. The van der Waals surface area contributed by atoms with Gasteiger partial charge in [0, 0.05) is 18.3 Å². The van der Waals surface area contributed by atoms with Crippen LogP contribution in [0.5, 0.6) is 0 Å². The van der Waals surface area contributed by atoms with E-state index in [1.54, 1.807) is 11.0 Å². The van der Waals surface area contributed by atoms with Crippen molar-refractivity contribution in [1.29, 1.82) is 0 Å². The van der Waals surface area contributed by atoms with Gasteiger partial charge in [-0.05, 0) is 42.0 Å². The lowest BCUT2D eigenvalue weighted by molar-refractivity contribution is 0.246. The number of benzene rings is 2. The summed E-state index contributed by atoms with van der Waals surface area (Å²) in [6.07, 6.45) is 4.15. The number of guanidine groups is 1. The van der Waals surface area contributed by atoms with E-state index in [0.29, 0.717) is 18.5 Å². The summed E-state index contributed by atoms with van der Waals surface area (Å²) >= 11 is 0. The molecule has 2 aliphatic heterocycles. The molecule has 1 saturated carbocycles. The van der Waals surface area contributed by atoms with Crippen molar-refractivity contribution in [2.45, 2.75) is 36.6 Å². The number of hydrogen-bond acceptors (Lipinski definition) is 5. The van der Waals surface area contributed by atoms with Gasteiger partial charge in [-0.3, -0.25) is 4.90 Å². The summed E-state index contributed by atoms with van der Waals surface area (Å²) in [4.78, 5) is 18.6. The van der Waals surface area contributed by atoms with Gasteiger partial charge in [-0.1, -0.05) is 48.5 Å². The second-order valence-electron chi connectivity index (χ2n) is 8.66. The van der Waals surface area contributed by atoms with Gasteiger partial charge in [0.2, 0.25) is 16.0 Å². The number of nitrogens with one attached hydrogen (secondary N) is 1. The van der Waals surface area contributed by atoms with Crippen molar-refractivity contribution < 1.29 is 13.2 Å². The lowest BCUT2D eigenvalue weighted by Gasteiger charge is -2.24. The highest BCUT2D eigenvalue weighted by Crippen LogP contribution is 2.36. The zero-order valence-electron chi connectivity index (χ0n) is 18.2. The molecule has 0 spiro atoms. The fourth-order valence-corrected chi connectivity index (χ4v) is 6.13. The first-order chi connectivity index (χ1) is 15.9. The van der Waals surface area contributed by atoms with Crippen LogP contribution in [0.4, 0.5) is 10.5 Å². The van der Waals surface area contributed by atoms with Crippen molar-refractivity contribution in [1.82, 2.24) is 9.62 Å². The zero-order valence-corrected chi connectivity index (χ0v) is 19.0. The van der Waals surface area contributed by atoms with Gasteiger partial charge in [-0.25, -0.2) is 22.5 Å². The Hall–Kier alpha value is -3.33. The fraction of sp³-hybridized carbons (Fsp3) is 0.333. The van der Waals surface area contributed by atoms with Crippen LogP contribution in [-0.4, -0.2) is 43.8 Å². The maximum absolute atomic E-state index is 13.6. The molecule has 172 valence electrons. The predicted octanol–water partition coefficient (Wildman–Crippen LogP) is 2.85. The Morgan fingerprint density at radius 3 is 2.67 bits per heavy atom. The van der Waals surface area contributed by atoms with E-state index in [0.717, 1.165) is 29.7 Å². The molecule has 8 nitrogen and oxygen atoms in total. The van der Waals surface area contributed by atoms with Gasteiger partial charge in [0.1, 0.15) is 5.25 Å². The lowest BCUT2D eigenvalue weighted by Crippen LogP contribution is -2.41. The SMILES string of the molecule is C=CC(c1ccc2c(c1)CCN2C(=O)NC1CC1)S(=O)(=O)N1CC(c2ccccc2)N=C1N. The Balaban J connectivity index is 1.38. The highest BCUT2D eigenvalue weighted by molar-refractivity contribution is 7.90. The molecule has 3 aliphatic rings. The van der Waals surface area contributed by atoms with Crippen LogP contribution in [0, 0.1) is 0 Å². The summed E-state index contributed by atoms with van der Waals surface area (Å²) in [7, 11) is -3.88. The summed E-state index contributed by atoms with van der Waals surface area (Å²) in [5.74, 6) is -0.0141. The summed E-state index contributed by atoms with van der Waals surface area (Å²) in [6.45, 7) is 4.52. The van der Waals surface area contributed by atoms with E-state index in [2.05, 4.69) is 16.9 Å². The van der Waals surface area contributed by atoms with E-state index >= 15 is 0 Å². The van der Waals surface area contributed by atoms with Gasteiger partial charge < -0.3 is 11.1 Å². The number of fused-ring (bicyclic) bond motifs is 1. The van der Waals surface area contributed by atoms with Gasteiger partial charge in [0.15, 0.2) is 0 Å². The van der Waals surface area contributed by atoms with E-state index in [-0.39, 0.29) is 30.6 Å². The minimum atomic E-state index is -3.88. The number of aliphatic imine (C=N–C) groups is 1. The minimum Gasteiger partial charge on any atom is -0.369 e. The summed E-state index contributed by atoms with van der Waals surface area (Å²) in [6, 6.07) is 14.8. The van der Waals surface area contributed by atoms with Gasteiger partial charge in [-0.2, -0.15) is 0 Å². The summed E-state index contributed by atoms with van der Waals surface area (Å²) in [5.41, 5.74) is 9.35. The molecule has 2 aromatic rings. The number of sulfonamides is 1. The average molecular weight is 466 g/mol. The van der Waals surface area contributed by atoms with Gasteiger partial charge in [0.25, 0.3) is 0 Å². The van der Waals surface area contributed by atoms with Crippen LogP contribution in [0.25, 0.3) is 0 Å². The Bertz CT molecular complexity index is 1220. The van der Waals surface area contributed by atoms with Crippen LogP contribution in [0.15, 0.2) is 66.2 Å². The first-order valence-corrected chi connectivity index (χ1v) is 12.6. The standard InChI is InChI=1S/C24H27N5O3S/c1-2-22(33(31,32)29-15-20(27-23(29)25)16-6-4-3-5-7-16)18-8-11-21-17(14-18)12-13-28(21)24(30)26-19-9-10-19/h2-8,11,14,19-20,22H,1,9-10,12-13,15H2,(H2,25,27)(H,26,30). The van der Waals surface area contributed by atoms with E-state index in [9.17, 15) is 13.2 Å². The molecule has 2 heterocycles. The minimum absolute atomic E-state index is 0.0141. The quantitative estimate of drug-likeness (QED) is 0.640. The Morgan fingerprint density at radius 2 is 1.97 bits per heavy atom. The third kappa shape index (κ3) is 3.97. The third-order valence-electron chi connectivity index (χ3n) is 6.39. The van der Waals surface area contributed by atoms with Crippen LogP contribution in [0.1, 0.15) is 40.8 Å². The molecule has 33 heavy (non-hydrogen) atoms. The maximum Gasteiger partial charge on any atom is 0.322 e. The second kappa shape index (κ2) is 8.22. The van der Waals surface area contributed by atoms with Gasteiger partial charge in [-0.15, -0.1) is 6.58 Å². The molecule has 1 aliphatic carbocycles. The molecule has 0 saturated heterocycles. The number of nitrogens with two attached hydrogens (primary N) is 1. The fourth-order valence-electron chi connectivity index (χ4n) is 4.46. The van der Waals surface area contributed by atoms with Crippen molar-refractivity contribution in [2.24, 2.45) is 10.7 Å². The molecule has 0 aromatic heterocycles. The van der Waals surface area contributed by atoms with Crippen molar-refractivity contribution in [3.63, 3.8) is 0 Å². The van der Waals surface area contributed by atoms with E-state index in [1.807, 2.05) is 42.5 Å². The molecule has 9 heteroatoms. The second-order valence-corrected chi connectivity index (χ2v) is 10.6. The molecule has 2 unspecified atom stereocenters.